The van der Waals surface area contributed by atoms with Crippen LogP contribution in [0.5, 0.6) is 5.88 Å². The van der Waals surface area contributed by atoms with Gasteiger partial charge in [-0.15, -0.1) is 0 Å². The number of aryl methyl sites for hydroxylation is 1. The van der Waals surface area contributed by atoms with Crippen LogP contribution in [0.2, 0.25) is 0 Å². The summed E-state index contributed by atoms with van der Waals surface area (Å²) in [7, 11) is 1.46. The van der Waals surface area contributed by atoms with Crippen LogP contribution >= 0.6 is 0 Å². The molecule has 216 valence electrons. The molecule has 0 aliphatic rings. The van der Waals surface area contributed by atoms with Crippen molar-refractivity contribution in [2.24, 2.45) is 0 Å². The molecule has 5 aromatic rings. The monoisotopic (exact) mass is 579 g/mol. The third kappa shape index (κ3) is 5.96. The van der Waals surface area contributed by atoms with Crippen LogP contribution in [-0.2, 0) is 24.3 Å². The minimum atomic E-state index is -1.31. The molecule has 1 N–H and O–H groups in total. The maximum atomic E-state index is 15.4. The van der Waals surface area contributed by atoms with E-state index in [1.54, 1.807) is 25.1 Å². The number of methoxy groups -OCH3 is 1. The lowest BCUT2D eigenvalue weighted by Gasteiger charge is -2.12. The largest absolute Gasteiger partial charge is 0.478 e. The maximum absolute atomic E-state index is 15.4. The standard InChI is InChI=1S/C31H25F4N3O4/c1-17-6-7-18(22(32)10-17)16-42-29-5-3-4-26(36-29)21-15-23(33)19(11-24(21)34)14-28-37-30-25(35)12-20(31(39)40)13-27(30)38(28)8-9-41-2/h3-7,10-13,15H,8-9,14,16H2,1-2H3,(H,39,40). The van der Waals surface area contributed by atoms with Crippen LogP contribution in [-0.4, -0.2) is 39.3 Å². The Morgan fingerprint density at radius 3 is 2.43 bits per heavy atom. The molecular formula is C31H25F4N3O4. The number of ether oxygens (including phenoxy) is 2. The van der Waals surface area contributed by atoms with Gasteiger partial charge in [-0.1, -0.05) is 18.2 Å². The number of rotatable bonds is 10. The number of nitrogens with zero attached hydrogens (tertiary/aromatic N) is 3. The van der Waals surface area contributed by atoms with Crippen LogP contribution in [0.15, 0.2) is 60.7 Å². The van der Waals surface area contributed by atoms with Crippen LogP contribution < -0.4 is 4.74 Å². The van der Waals surface area contributed by atoms with Gasteiger partial charge in [-0.05, 0) is 54.4 Å². The number of carboxylic acid groups (broad SMARTS) is 1. The highest BCUT2D eigenvalue weighted by Gasteiger charge is 2.20. The van der Waals surface area contributed by atoms with Crippen LogP contribution in [0.1, 0.15) is 32.9 Å². The molecule has 0 saturated heterocycles. The summed E-state index contributed by atoms with van der Waals surface area (Å²) in [5.74, 6) is -3.79. The van der Waals surface area contributed by atoms with E-state index >= 15 is 8.78 Å². The maximum Gasteiger partial charge on any atom is 0.335 e. The zero-order valence-corrected chi connectivity index (χ0v) is 22.6. The summed E-state index contributed by atoms with van der Waals surface area (Å²) >= 11 is 0. The summed E-state index contributed by atoms with van der Waals surface area (Å²) in [6.45, 7) is 2.03. The zero-order chi connectivity index (χ0) is 30.0. The third-order valence-corrected chi connectivity index (χ3v) is 6.72. The number of hydrogen-bond acceptors (Lipinski definition) is 5. The molecular weight excluding hydrogens is 554 g/mol. The highest BCUT2D eigenvalue weighted by Crippen LogP contribution is 2.29. The topological polar surface area (TPSA) is 86.5 Å². The van der Waals surface area contributed by atoms with Crippen molar-refractivity contribution >= 4 is 17.0 Å². The van der Waals surface area contributed by atoms with Crippen LogP contribution in [0.25, 0.3) is 22.3 Å². The first-order valence-corrected chi connectivity index (χ1v) is 12.9. The van der Waals surface area contributed by atoms with Crippen molar-refractivity contribution in [3.8, 4) is 17.1 Å². The van der Waals surface area contributed by atoms with E-state index in [2.05, 4.69) is 9.97 Å². The van der Waals surface area contributed by atoms with E-state index in [0.29, 0.717) is 5.56 Å². The van der Waals surface area contributed by atoms with Crippen molar-refractivity contribution in [2.75, 3.05) is 13.7 Å². The second-order valence-electron chi connectivity index (χ2n) is 9.65. The molecule has 0 aliphatic carbocycles. The Bertz CT molecular complexity index is 1810. The molecule has 0 bridgehead atoms. The van der Waals surface area contributed by atoms with E-state index in [-0.39, 0.29) is 71.3 Å². The molecule has 0 spiro atoms. The molecule has 2 aromatic heterocycles. The number of aromatic nitrogens is 3. The van der Waals surface area contributed by atoms with Crippen LogP contribution in [0, 0.1) is 30.2 Å². The molecule has 3 aromatic carbocycles. The smallest absolute Gasteiger partial charge is 0.335 e. The van der Waals surface area contributed by atoms with Gasteiger partial charge in [-0.3, -0.25) is 0 Å². The van der Waals surface area contributed by atoms with Gasteiger partial charge in [0.05, 0.1) is 23.4 Å². The first kappa shape index (κ1) is 28.7. The van der Waals surface area contributed by atoms with Crippen LogP contribution in [0.4, 0.5) is 17.6 Å². The van der Waals surface area contributed by atoms with E-state index in [1.807, 2.05) is 0 Å². The number of benzene rings is 3. The lowest BCUT2D eigenvalue weighted by atomic mass is 10.0. The van der Waals surface area contributed by atoms with Crippen molar-refractivity contribution in [2.45, 2.75) is 26.5 Å². The summed E-state index contributed by atoms with van der Waals surface area (Å²) in [6.07, 6.45) is -0.206. The van der Waals surface area contributed by atoms with E-state index in [0.717, 1.165) is 23.8 Å². The average molecular weight is 580 g/mol. The number of pyridine rings is 1. The minimum absolute atomic E-state index is 0.0497. The Morgan fingerprint density at radius 1 is 0.905 bits per heavy atom. The summed E-state index contributed by atoms with van der Waals surface area (Å²) in [4.78, 5) is 20.0. The molecule has 11 heteroatoms. The number of carbonyl (C=O) groups is 1. The number of halogens is 4. The molecule has 0 fully saturated rings. The second-order valence-corrected chi connectivity index (χ2v) is 9.65. The Kier molecular flexibility index (Phi) is 8.21. The summed E-state index contributed by atoms with van der Waals surface area (Å²) in [5.41, 5.74) is 0.872. The van der Waals surface area contributed by atoms with Gasteiger partial charge < -0.3 is 19.1 Å². The second kappa shape index (κ2) is 12.0. The fourth-order valence-electron chi connectivity index (χ4n) is 4.58. The molecule has 0 atom stereocenters. The minimum Gasteiger partial charge on any atom is -0.478 e. The van der Waals surface area contributed by atoms with Gasteiger partial charge in [-0.2, -0.15) is 0 Å². The molecule has 5 rings (SSSR count). The van der Waals surface area contributed by atoms with E-state index in [9.17, 15) is 18.7 Å². The molecule has 0 radical (unpaired) electrons. The van der Waals surface area contributed by atoms with Crippen molar-refractivity contribution in [3.63, 3.8) is 0 Å². The summed E-state index contributed by atoms with van der Waals surface area (Å²) < 4.78 is 71.8. The quantitative estimate of drug-likeness (QED) is 0.191. The molecule has 0 saturated carbocycles. The normalized spacial score (nSPS) is 11.3. The summed E-state index contributed by atoms with van der Waals surface area (Å²) in [5, 5.41) is 9.34. The molecule has 42 heavy (non-hydrogen) atoms. The van der Waals surface area contributed by atoms with E-state index in [4.69, 9.17) is 9.47 Å². The van der Waals surface area contributed by atoms with Gasteiger partial charge in [0, 0.05) is 37.3 Å². The van der Waals surface area contributed by atoms with Gasteiger partial charge in [0.1, 0.15) is 35.4 Å². The van der Waals surface area contributed by atoms with Crippen LogP contribution in [0.3, 0.4) is 0 Å². The third-order valence-electron chi connectivity index (χ3n) is 6.72. The van der Waals surface area contributed by atoms with Crippen molar-refractivity contribution in [1.29, 1.82) is 0 Å². The highest BCUT2D eigenvalue weighted by atomic mass is 19.1. The lowest BCUT2D eigenvalue weighted by molar-refractivity contribution is 0.0696. The van der Waals surface area contributed by atoms with Gasteiger partial charge in [0.15, 0.2) is 5.82 Å². The average Bonchev–Trinajstić information content (AvgIpc) is 3.30. The Balaban J connectivity index is 1.43. The van der Waals surface area contributed by atoms with Gasteiger partial charge in [0.2, 0.25) is 5.88 Å². The number of fused-ring (bicyclic) bond motifs is 1. The molecule has 0 unspecified atom stereocenters. The first-order valence-electron chi connectivity index (χ1n) is 12.9. The number of carboxylic acids is 1. The highest BCUT2D eigenvalue weighted by molar-refractivity contribution is 5.92. The Morgan fingerprint density at radius 2 is 1.69 bits per heavy atom. The fraction of sp³-hybridized carbons (Fsp3) is 0.194. The predicted octanol–water partition coefficient (Wildman–Crippen LogP) is 6.48. The zero-order valence-electron chi connectivity index (χ0n) is 22.6. The first-order chi connectivity index (χ1) is 20.1. The number of hydrogen-bond donors (Lipinski definition) is 1. The SMILES string of the molecule is COCCn1c(Cc2cc(F)c(-c3cccc(OCc4ccc(C)cc4F)n3)cc2F)nc2c(F)cc(C(=O)O)cc21. The Hall–Kier alpha value is -4.77. The number of imidazole rings is 1. The molecule has 0 aliphatic heterocycles. The lowest BCUT2D eigenvalue weighted by Crippen LogP contribution is -2.10. The van der Waals surface area contributed by atoms with E-state index in [1.165, 1.54) is 35.9 Å². The number of aromatic carboxylic acids is 1. The molecule has 2 heterocycles. The molecule has 7 nitrogen and oxygen atoms in total. The van der Waals surface area contributed by atoms with Crippen molar-refractivity contribution < 1.29 is 36.9 Å². The van der Waals surface area contributed by atoms with Crippen molar-refractivity contribution in [1.82, 2.24) is 14.5 Å². The van der Waals surface area contributed by atoms with Gasteiger partial charge >= 0.3 is 5.97 Å². The van der Waals surface area contributed by atoms with E-state index < -0.39 is 29.2 Å². The van der Waals surface area contributed by atoms with Gasteiger partial charge in [0.25, 0.3) is 0 Å². The van der Waals surface area contributed by atoms with Gasteiger partial charge in [-0.25, -0.2) is 32.3 Å². The van der Waals surface area contributed by atoms with Crippen molar-refractivity contribution in [3.05, 3.63) is 112 Å². The fourth-order valence-corrected chi connectivity index (χ4v) is 4.58. The molecule has 0 amide bonds. The summed E-state index contributed by atoms with van der Waals surface area (Å²) in [6, 6.07) is 13.5. The predicted molar refractivity (Wildman–Crippen MR) is 146 cm³/mol. The Labute approximate surface area is 238 Å².